The summed E-state index contributed by atoms with van der Waals surface area (Å²) in [5, 5.41) is 0. The Morgan fingerprint density at radius 1 is 0.950 bits per heavy atom. The molecule has 0 unspecified atom stereocenters. The molecule has 0 aliphatic heterocycles. The molecule has 1 aromatic rings. The summed E-state index contributed by atoms with van der Waals surface area (Å²) in [7, 11) is -3.80. The lowest BCUT2D eigenvalue weighted by Gasteiger charge is -2.47. The van der Waals surface area contributed by atoms with Crippen molar-refractivity contribution >= 4 is 42.5 Å². The fraction of sp³-hybridized carbons (Fsp3) is 0.375. The van der Waals surface area contributed by atoms with E-state index in [9.17, 15) is 0 Å². The Kier molecular flexibility index (Phi) is 4.41. The maximum Gasteiger partial charge on any atom is 0.159 e. The Bertz CT molecular complexity index is 520. The SMILES string of the molecule is C[Si](C)(Cl)C1([Si](C)(C)Cl)C=CC(c2ccccc2)=CC1. The lowest BCUT2D eigenvalue weighted by atomic mass is 9.99. The molecular formula is C16H22Cl2Si2. The molecule has 0 nitrogen and oxygen atoms in total. The molecule has 2 rings (SSSR count). The van der Waals surface area contributed by atoms with Crippen LogP contribution in [0, 0.1) is 0 Å². The quantitative estimate of drug-likeness (QED) is 0.454. The molecule has 0 bridgehead atoms. The van der Waals surface area contributed by atoms with Crippen molar-refractivity contribution in [2.75, 3.05) is 0 Å². The predicted octanol–water partition coefficient (Wildman–Crippen LogP) is 6.20. The summed E-state index contributed by atoms with van der Waals surface area (Å²) in [6.45, 7) is 8.88. The molecule has 0 atom stereocenters. The molecule has 1 aliphatic carbocycles. The van der Waals surface area contributed by atoms with Gasteiger partial charge in [-0.15, -0.1) is 0 Å². The van der Waals surface area contributed by atoms with E-state index in [1.807, 2.05) is 6.07 Å². The van der Waals surface area contributed by atoms with Crippen molar-refractivity contribution in [3.8, 4) is 0 Å². The molecule has 0 heterocycles. The van der Waals surface area contributed by atoms with Gasteiger partial charge in [0.1, 0.15) is 0 Å². The standard InChI is InChI=1S/C16H22Cl2Si2/c1-19(2,17)16(20(3,4)18)12-10-15(11-13-16)14-8-6-5-7-9-14/h5-12H,13H2,1-4H3. The number of hydrogen-bond donors (Lipinski definition) is 0. The first-order chi connectivity index (χ1) is 9.17. The Hall–Kier alpha value is -0.286. The maximum absolute atomic E-state index is 6.86. The van der Waals surface area contributed by atoms with Gasteiger partial charge in [-0.1, -0.05) is 74.7 Å². The van der Waals surface area contributed by atoms with Crippen LogP contribution in [-0.4, -0.2) is 14.8 Å². The smallest absolute Gasteiger partial charge is 0.159 e. The van der Waals surface area contributed by atoms with Crippen LogP contribution in [0.15, 0.2) is 48.6 Å². The second kappa shape index (κ2) is 5.49. The summed E-state index contributed by atoms with van der Waals surface area (Å²) in [5.74, 6) is 0. The van der Waals surface area contributed by atoms with E-state index < -0.39 is 14.8 Å². The predicted molar refractivity (Wildman–Crippen MR) is 97.5 cm³/mol. The van der Waals surface area contributed by atoms with Crippen LogP contribution in [0.2, 0.25) is 30.8 Å². The van der Waals surface area contributed by atoms with E-state index in [0.29, 0.717) is 0 Å². The van der Waals surface area contributed by atoms with Crippen molar-refractivity contribution in [3.05, 3.63) is 54.1 Å². The van der Waals surface area contributed by atoms with E-state index in [4.69, 9.17) is 22.2 Å². The second-order valence-corrected chi connectivity index (χ2v) is 20.3. The number of allylic oxidation sites excluding steroid dienone is 4. The zero-order valence-corrected chi connectivity index (χ0v) is 16.1. The maximum atomic E-state index is 6.86. The molecule has 1 aliphatic rings. The summed E-state index contributed by atoms with van der Waals surface area (Å²) in [4.78, 5) is 0. The molecule has 1 aromatic carbocycles. The van der Waals surface area contributed by atoms with Crippen molar-refractivity contribution in [2.45, 2.75) is 37.3 Å². The van der Waals surface area contributed by atoms with Crippen LogP contribution < -0.4 is 0 Å². The van der Waals surface area contributed by atoms with Gasteiger partial charge in [0.15, 0.2) is 14.8 Å². The molecular weight excluding hydrogens is 319 g/mol. The third kappa shape index (κ3) is 2.84. The van der Waals surface area contributed by atoms with Gasteiger partial charge >= 0.3 is 0 Å². The van der Waals surface area contributed by atoms with E-state index in [-0.39, 0.29) is 4.66 Å². The molecule has 0 radical (unpaired) electrons. The van der Waals surface area contributed by atoms with E-state index >= 15 is 0 Å². The molecule has 0 spiro atoms. The number of halogens is 2. The molecule has 4 heteroatoms. The lowest BCUT2D eigenvalue weighted by Crippen LogP contribution is -2.51. The van der Waals surface area contributed by atoms with E-state index in [0.717, 1.165) is 6.42 Å². The summed E-state index contributed by atoms with van der Waals surface area (Å²) in [5.41, 5.74) is 2.55. The van der Waals surface area contributed by atoms with Gasteiger partial charge < -0.3 is 0 Å². The monoisotopic (exact) mass is 340 g/mol. The van der Waals surface area contributed by atoms with E-state index in [2.05, 4.69) is 68.7 Å². The Balaban J connectivity index is 2.38. The largest absolute Gasteiger partial charge is 0.167 e. The fourth-order valence-corrected chi connectivity index (χ4v) is 16.4. The van der Waals surface area contributed by atoms with Crippen LogP contribution in [0.4, 0.5) is 0 Å². The van der Waals surface area contributed by atoms with Crippen LogP contribution in [0.3, 0.4) is 0 Å². The van der Waals surface area contributed by atoms with Crippen molar-refractivity contribution < 1.29 is 0 Å². The molecule has 20 heavy (non-hydrogen) atoms. The van der Waals surface area contributed by atoms with Crippen LogP contribution in [0.1, 0.15) is 12.0 Å². The minimum atomic E-state index is -1.90. The van der Waals surface area contributed by atoms with Gasteiger partial charge in [-0.25, -0.2) is 0 Å². The average Bonchev–Trinajstić information content (AvgIpc) is 2.37. The number of hydrogen-bond acceptors (Lipinski definition) is 0. The van der Waals surface area contributed by atoms with Crippen molar-refractivity contribution in [3.63, 3.8) is 0 Å². The Morgan fingerprint density at radius 2 is 1.50 bits per heavy atom. The van der Waals surface area contributed by atoms with Crippen molar-refractivity contribution in [1.29, 1.82) is 0 Å². The third-order valence-corrected chi connectivity index (χ3v) is 16.1. The highest BCUT2D eigenvalue weighted by molar-refractivity contribution is 7.34. The highest BCUT2D eigenvalue weighted by Crippen LogP contribution is 2.56. The van der Waals surface area contributed by atoms with E-state index in [1.165, 1.54) is 11.1 Å². The average molecular weight is 341 g/mol. The molecule has 0 amide bonds. The first-order valence-electron chi connectivity index (χ1n) is 7.00. The van der Waals surface area contributed by atoms with Gasteiger partial charge in [0.05, 0.1) is 0 Å². The highest BCUT2D eigenvalue weighted by atomic mass is 35.6. The molecule has 0 saturated heterocycles. The number of rotatable bonds is 3. The molecule has 0 fully saturated rings. The third-order valence-electron chi connectivity index (χ3n) is 4.42. The lowest BCUT2D eigenvalue weighted by molar-refractivity contribution is 0.878. The van der Waals surface area contributed by atoms with Crippen molar-refractivity contribution in [2.24, 2.45) is 0 Å². The van der Waals surface area contributed by atoms with E-state index in [1.54, 1.807) is 0 Å². The molecule has 0 N–H and O–H groups in total. The minimum Gasteiger partial charge on any atom is -0.167 e. The summed E-state index contributed by atoms with van der Waals surface area (Å²) < 4.78 is 0.0153. The first-order valence-corrected chi connectivity index (χ1v) is 15.0. The van der Waals surface area contributed by atoms with Gasteiger partial charge in [0.2, 0.25) is 0 Å². The molecule has 0 saturated carbocycles. The number of benzene rings is 1. The topological polar surface area (TPSA) is 0 Å². The van der Waals surface area contributed by atoms with Gasteiger partial charge in [-0.05, 0) is 17.6 Å². The molecule has 108 valence electrons. The van der Waals surface area contributed by atoms with Gasteiger partial charge in [-0.2, -0.15) is 22.2 Å². The summed E-state index contributed by atoms with van der Waals surface area (Å²) in [6, 6.07) is 10.5. The zero-order valence-electron chi connectivity index (χ0n) is 12.6. The zero-order chi connectivity index (χ0) is 15.0. The van der Waals surface area contributed by atoms with Gasteiger partial charge in [0.25, 0.3) is 0 Å². The van der Waals surface area contributed by atoms with Crippen LogP contribution in [-0.2, 0) is 0 Å². The van der Waals surface area contributed by atoms with Gasteiger partial charge in [0, 0.05) is 4.66 Å². The normalized spacial score (nSPS) is 18.8. The van der Waals surface area contributed by atoms with Crippen LogP contribution in [0.25, 0.3) is 5.57 Å². The minimum absolute atomic E-state index is 0.0153. The Labute approximate surface area is 133 Å². The second-order valence-electron chi connectivity index (χ2n) is 6.48. The summed E-state index contributed by atoms with van der Waals surface area (Å²) >= 11 is 13.7. The van der Waals surface area contributed by atoms with Crippen LogP contribution in [0.5, 0.6) is 0 Å². The van der Waals surface area contributed by atoms with Gasteiger partial charge in [-0.3, -0.25) is 0 Å². The molecule has 0 aromatic heterocycles. The van der Waals surface area contributed by atoms with Crippen LogP contribution >= 0.6 is 22.2 Å². The highest BCUT2D eigenvalue weighted by Gasteiger charge is 2.54. The summed E-state index contributed by atoms with van der Waals surface area (Å²) in [6.07, 6.45) is 7.85. The fourth-order valence-electron chi connectivity index (χ4n) is 3.07. The van der Waals surface area contributed by atoms with Crippen molar-refractivity contribution in [1.82, 2.24) is 0 Å². The first kappa shape index (κ1) is 16.1. The Morgan fingerprint density at radius 3 is 1.90 bits per heavy atom.